The fourth-order valence-electron chi connectivity index (χ4n) is 2.00. The van der Waals surface area contributed by atoms with Crippen LogP contribution in [0.2, 0.25) is 0 Å². The molecule has 25 heavy (non-hydrogen) atoms. The summed E-state index contributed by atoms with van der Waals surface area (Å²) >= 11 is 0. The van der Waals surface area contributed by atoms with Gasteiger partial charge in [0.1, 0.15) is 0 Å². The summed E-state index contributed by atoms with van der Waals surface area (Å²) < 4.78 is 26.9. The van der Waals surface area contributed by atoms with E-state index in [1.54, 1.807) is 0 Å². The summed E-state index contributed by atoms with van der Waals surface area (Å²) in [5.41, 5.74) is 0.497. The molecule has 1 aromatic rings. The maximum Gasteiger partial charge on any atom is 0.241 e. The molecule has 0 spiro atoms. The summed E-state index contributed by atoms with van der Waals surface area (Å²) in [6.07, 6.45) is 1.00. The van der Waals surface area contributed by atoms with Gasteiger partial charge in [-0.15, -0.1) is 0 Å². The Hall–Kier alpha value is -1.97. The summed E-state index contributed by atoms with van der Waals surface area (Å²) in [6, 6.07) is 4.81. The molecule has 1 atom stereocenters. The lowest BCUT2D eigenvalue weighted by Gasteiger charge is -2.15. The predicted molar refractivity (Wildman–Crippen MR) is 96.7 cm³/mol. The van der Waals surface area contributed by atoms with E-state index in [9.17, 15) is 18.0 Å². The number of carbonyl (C=O) groups is 2. The first-order valence-corrected chi connectivity index (χ1v) is 9.63. The molecule has 0 saturated carbocycles. The number of rotatable bonds is 10. The minimum Gasteiger partial charge on any atom is -0.353 e. The molecule has 0 aliphatic heterocycles. The third-order valence-electron chi connectivity index (χ3n) is 3.24. The Balaban J connectivity index is 2.58. The van der Waals surface area contributed by atoms with Gasteiger partial charge in [-0.05, 0) is 44.2 Å². The third-order valence-corrected chi connectivity index (χ3v) is 4.79. The molecule has 0 radical (unpaired) electrons. The van der Waals surface area contributed by atoms with E-state index in [1.807, 2.05) is 6.92 Å². The zero-order valence-corrected chi connectivity index (χ0v) is 15.6. The quantitative estimate of drug-likeness (QED) is 0.446. The van der Waals surface area contributed by atoms with Gasteiger partial charge in [0.15, 0.2) is 0 Å². The van der Waals surface area contributed by atoms with Gasteiger partial charge in [-0.1, -0.05) is 6.92 Å². The van der Waals surface area contributed by atoms with Crippen molar-refractivity contribution in [1.82, 2.24) is 15.4 Å². The zero-order valence-electron chi connectivity index (χ0n) is 14.8. The number of amides is 2. The van der Waals surface area contributed by atoms with E-state index >= 15 is 0 Å². The van der Waals surface area contributed by atoms with E-state index in [0.717, 1.165) is 13.0 Å². The highest BCUT2D eigenvalue weighted by Crippen LogP contribution is 2.14. The van der Waals surface area contributed by atoms with Gasteiger partial charge in [-0.2, -0.15) is 4.72 Å². The maximum atomic E-state index is 12.3. The van der Waals surface area contributed by atoms with Gasteiger partial charge in [-0.3, -0.25) is 9.59 Å². The topological polar surface area (TPSA) is 116 Å². The number of hydrogen-bond acceptors (Lipinski definition) is 5. The van der Waals surface area contributed by atoms with Gasteiger partial charge >= 0.3 is 0 Å². The molecule has 1 aromatic carbocycles. The molecule has 0 aliphatic rings. The van der Waals surface area contributed by atoms with Crippen molar-refractivity contribution in [2.24, 2.45) is 0 Å². The van der Waals surface area contributed by atoms with Crippen molar-refractivity contribution >= 4 is 27.5 Å². The fraction of sp³-hybridized carbons (Fsp3) is 0.500. The summed E-state index contributed by atoms with van der Waals surface area (Å²) in [6.45, 7) is 6.82. The van der Waals surface area contributed by atoms with Crippen molar-refractivity contribution in [2.45, 2.75) is 38.1 Å². The summed E-state index contributed by atoms with van der Waals surface area (Å²) in [4.78, 5) is 22.9. The first-order valence-electron chi connectivity index (χ1n) is 8.14. The molecule has 0 aromatic heterocycles. The van der Waals surface area contributed by atoms with Crippen molar-refractivity contribution in [1.29, 1.82) is 0 Å². The smallest absolute Gasteiger partial charge is 0.241 e. The highest BCUT2D eigenvalue weighted by molar-refractivity contribution is 7.89. The minimum atomic E-state index is -3.83. The summed E-state index contributed by atoms with van der Waals surface area (Å²) in [5, 5.41) is 8.36. The molecule has 2 amide bonds. The Morgan fingerprint density at radius 3 is 2.28 bits per heavy atom. The molecule has 4 N–H and O–H groups in total. The van der Waals surface area contributed by atoms with Gasteiger partial charge in [0.05, 0.1) is 10.9 Å². The second-order valence-corrected chi connectivity index (χ2v) is 7.30. The SMILES string of the molecule is CCCNCCNC(=O)C(C)NS(=O)(=O)c1ccc(NC(C)=O)cc1. The van der Waals surface area contributed by atoms with Crippen LogP contribution in [-0.4, -0.2) is 45.9 Å². The molecule has 1 rings (SSSR count). The van der Waals surface area contributed by atoms with Crippen LogP contribution in [0.25, 0.3) is 0 Å². The van der Waals surface area contributed by atoms with Crippen LogP contribution in [0.1, 0.15) is 27.2 Å². The van der Waals surface area contributed by atoms with Crippen LogP contribution in [0.5, 0.6) is 0 Å². The third kappa shape index (κ3) is 7.63. The van der Waals surface area contributed by atoms with E-state index in [2.05, 4.69) is 20.7 Å². The Labute approximate surface area is 148 Å². The van der Waals surface area contributed by atoms with E-state index in [1.165, 1.54) is 38.1 Å². The van der Waals surface area contributed by atoms with Crippen molar-refractivity contribution < 1.29 is 18.0 Å². The molecule has 0 bridgehead atoms. The van der Waals surface area contributed by atoms with Crippen molar-refractivity contribution in [3.63, 3.8) is 0 Å². The Bertz CT molecular complexity index is 674. The Morgan fingerprint density at radius 2 is 1.72 bits per heavy atom. The van der Waals surface area contributed by atoms with Gasteiger partial charge < -0.3 is 16.0 Å². The molecular weight excluding hydrogens is 344 g/mol. The van der Waals surface area contributed by atoms with E-state index in [4.69, 9.17) is 0 Å². The molecule has 8 nitrogen and oxygen atoms in total. The first kappa shape index (κ1) is 21.1. The van der Waals surface area contributed by atoms with Crippen LogP contribution < -0.4 is 20.7 Å². The number of anilines is 1. The van der Waals surface area contributed by atoms with Crippen LogP contribution >= 0.6 is 0 Å². The standard InChI is InChI=1S/C16H26N4O4S/c1-4-9-17-10-11-18-16(22)12(2)20-25(23,24)15-7-5-14(6-8-15)19-13(3)21/h5-8,12,17,20H,4,9-11H2,1-3H3,(H,18,22)(H,19,21). The lowest BCUT2D eigenvalue weighted by Crippen LogP contribution is -2.46. The van der Waals surface area contributed by atoms with Crippen molar-refractivity contribution in [3.8, 4) is 0 Å². The summed E-state index contributed by atoms with van der Waals surface area (Å²) in [5.74, 6) is -0.635. The average Bonchev–Trinajstić information content (AvgIpc) is 2.54. The maximum absolute atomic E-state index is 12.3. The molecule has 9 heteroatoms. The molecule has 1 unspecified atom stereocenters. The number of sulfonamides is 1. The van der Waals surface area contributed by atoms with Gasteiger partial charge in [0, 0.05) is 25.7 Å². The molecule has 0 saturated heterocycles. The fourth-order valence-corrected chi connectivity index (χ4v) is 3.21. The number of nitrogens with one attached hydrogen (secondary N) is 4. The predicted octanol–water partition coefficient (Wildman–Crippen LogP) is 0.428. The van der Waals surface area contributed by atoms with Gasteiger partial charge in [0.2, 0.25) is 21.8 Å². The second-order valence-electron chi connectivity index (χ2n) is 5.59. The molecule has 0 fully saturated rings. The van der Waals surface area contributed by atoms with Gasteiger partial charge in [-0.25, -0.2) is 8.42 Å². The summed E-state index contributed by atoms with van der Waals surface area (Å²) in [7, 11) is -3.83. The van der Waals surface area contributed by atoms with Crippen LogP contribution in [0, 0.1) is 0 Å². The van der Waals surface area contributed by atoms with Crippen LogP contribution in [-0.2, 0) is 19.6 Å². The van der Waals surface area contributed by atoms with Crippen molar-refractivity contribution in [2.75, 3.05) is 25.0 Å². The Kier molecular flexibility index (Phi) is 8.53. The van der Waals surface area contributed by atoms with Crippen molar-refractivity contribution in [3.05, 3.63) is 24.3 Å². The van der Waals surface area contributed by atoms with Crippen LogP contribution in [0.4, 0.5) is 5.69 Å². The lowest BCUT2D eigenvalue weighted by atomic mass is 10.3. The first-order chi connectivity index (χ1) is 11.8. The largest absolute Gasteiger partial charge is 0.353 e. The van der Waals surface area contributed by atoms with E-state index < -0.39 is 22.0 Å². The Morgan fingerprint density at radius 1 is 1.08 bits per heavy atom. The number of hydrogen-bond donors (Lipinski definition) is 4. The van der Waals surface area contributed by atoms with Gasteiger partial charge in [0.25, 0.3) is 0 Å². The lowest BCUT2D eigenvalue weighted by molar-refractivity contribution is -0.122. The van der Waals surface area contributed by atoms with Crippen LogP contribution in [0.3, 0.4) is 0 Å². The second kappa shape index (κ2) is 10.1. The van der Waals surface area contributed by atoms with E-state index in [-0.39, 0.29) is 10.8 Å². The highest BCUT2D eigenvalue weighted by Gasteiger charge is 2.21. The molecule has 0 aliphatic carbocycles. The highest BCUT2D eigenvalue weighted by atomic mass is 32.2. The zero-order chi connectivity index (χ0) is 18.9. The minimum absolute atomic E-state index is 0.0193. The molecular formula is C16H26N4O4S. The monoisotopic (exact) mass is 370 g/mol. The average molecular weight is 370 g/mol. The van der Waals surface area contributed by atoms with E-state index in [0.29, 0.717) is 18.8 Å². The number of carbonyl (C=O) groups excluding carboxylic acids is 2. The normalized spacial score (nSPS) is 12.4. The molecule has 140 valence electrons. The van der Waals surface area contributed by atoms with Crippen LogP contribution in [0.15, 0.2) is 29.2 Å². The molecule has 0 heterocycles. The number of benzene rings is 1.